The molecular formula is C18H20N2O3. The van der Waals surface area contributed by atoms with Crippen LogP contribution in [0.15, 0.2) is 48.7 Å². The molecule has 0 saturated heterocycles. The Hall–Kier alpha value is -2.69. The number of likely N-dealkylation sites (N-methyl/N-ethyl adjacent to an activating group) is 1. The third-order valence-corrected chi connectivity index (χ3v) is 3.88. The van der Waals surface area contributed by atoms with Crippen molar-refractivity contribution >= 4 is 11.9 Å². The van der Waals surface area contributed by atoms with E-state index in [1.807, 2.05) is 37.3 Å². The van der Waals surface area contributed by atoms with Crippen LogP contribution in [0.4, 0.5) is 0 Å². The average molecular weight is 312 g/mol. The van der Waals surface area contributed by atoms with Crippen LogP contribution in [-0.2, 0) is 6.42 Å². The summed E-state index contributed by atoms with van der Waals surface area (Å²) in [6, 6.07) is 12.9. The number of hydrogen-bond donors (Lipinski definition) is 1. The lowest BCUT2D eigenvalue weighted by atomic mass is 10.0. The van der Waals surface area contributed by atoms with E-state index in [0.717, 1.165) is 12.8 Å². The van der Waals surface area contributed by atoms with Gasteiger partial charge in [0.1, 0.15) is 5.69 Å². The molecule has 0 radical (unpaired) electrons. The van der Waals surface area contributed by atoms with E-state index in [2.05, 4.69) is 4.98 Å². The van der Waals surface area contributed by atoms with Gasteiger partial charge in [-0.3, -0.25) is 4.79 Å². The minimum Gasteiger partial charge on any atom is -0.477 e. The summed E-state index contributed by atoms with van der Waals surface area (Å²) < 4.78 is 0. The van der Waals surface area contributed by atoms with Gasteiger partial charge in [-0.05, 0) is 30.5 Å². The Bertz CT molecular complexity index is 686. The van der Waals surface area contributed by atoms with Crippen LogP contribution in [0.25, 0.3) is 0 Å². The molecule has 1 aromatic carbocycles. The molecule has 5 heteroatoms. The van der Waals surface area contributed by atoms with Crippen molar-refractivity contribution in [3.63, 3.8) is 0 Å². The van der Waals surface area contributed by atoms with Gasteiger partial charge in [0.25, 0.3) is 5.91 Å². The van der Waals surface area contributed by atoms with Crippen molar-refractivity contribution in [2.75, 3.05) is 7.05 Å². The molecule has 0 aliphatic rings. The molecule has 120 valence electrons. The molecule has 0 aliphatic heterocycles. The second-order valence-electron chi connectivity index (χ2n) is 5.40. The molecule has 0 aliphatic carbocycles. The van der Waals surface area contributed by atoms with Gasteiger partial charge in [-0.25, -0.2) is 9.78 Å². The first-order chi connectivity index (χ1) is 11.0. The van der Waals surface area contributed by atoms with E-state index in [0.29, 0.717) is 5.56 Å². The second kappa shape index (κ2) is 7.54. The van der Waals surface area contributed by atoms with Crippen LogP contribution < -0.4 is 0 Å². The Balaban J connectivity index is 2.16. The molecule has 2 aromatic rings. The zero-order valence-electron chi connectivity index (χ0n) is 13.3. The van der Waals surface area contributed by atoms with E-state index in [9.17, 15) is 9.59 Å². The quantitative estimate of drug-likeness (QED) is 0.890. The van der Waals surface area contributed by atoms with Crippen LogP contribution >= 0.6 is 0 Å². The molecule has 23 heavy (non-hydrogen) atoms. The van der Waals surface area contributed by atoms with E-state index in [1.54, 1.807) is 18.0 Å². The predicted molar refractivity (Wildman–Crippen MR) is 87.5 cm³/mol. The Labute approximate surface area is 135 Å². The number of hydrogen-bond acceptors (Lipinski definition) is 3. The molecule has 0 saturated carbocycles. The lowest BCUT2D eigenvalue weighted by Crippen LogP contribution is -2.38. The van der Waals surface area contributed by atoms with Crippen molar-refractivity contribution < 1.29 is 14.7 Å². The third kappa shape index (κ3) is 4.16. The Kier molecular flexibility index (Phi) is 5.46. The fraction of sp³-hybridized carbons (Fsp3) is 0.278. The molecule has 2 rings (SSSR count). The van der Waals surface area contributed by atoms with Crippen LogP contribution in [-0.4, -0.2) is 40.0 Å². The van der Waals surface area contributed by atoms with Gasteiger partial charge >= 0.3 is 5.97 Å². The molecule has 1 heterocycles. The Morgan fingerprint density at radius 3 is 2.52 bits per heavy atom. The van der Waals surface area contributed by atoms with Gasteiger partial charge in [0.2, 0.25) is 0 Å². The van der Waals surface area contributed by atoms with Gasteiger partial charge in [0, 0.05) is 24.8 Å². The number of carboxylic acid groups (broad SMARTS) is 1. The van der Waals surface area contributed by atoms with Crippen LogP contribution in [0.3, 0.4) is 0 Å². The minimum absolute atomic E-state index is 0.0475. The maximum Gasteiger partial charge on any atom is 0.354 e. The van der Waals surface area contributed by atoms with Gasteiger partial charge in [-0.1, -0.05) is 37.3 Å². The molecule has 0 spiro atoms. The van der Waals surface area contributed by atoms with Crippen LogP contribution in [0.5, 0.6) is 0 Å². The fourth-order valence-corrected chi connectivity index (χ4v) is 2.49. The Morgan fingerprint density at radius 2 is 1.91 bits per heavy atom. The number of nitrogens with zero attached hydrogens (tertiary/aromatic N) is 2. The summed E-state index contributed by atoms with van der Waals surface area (Å²) in [4.78, 5) is 29.0. The summed E-state index contributed by atoms with van der Waals surface area (Å²) >= 11 is 0. The number of rotatable bonds is 6. The minimum atomic E-state index is -1.14. The number of carbonyl (C=O) groups is 2. The van der Waals surface area contributed by atoms with E-state index in [1.165, 1.54) is 17.8 Å². The second-order valence-corrected chi connectivity index (χ2v) is 5.40. The molecule has 1 unspecified atom stereocenters. The van der Waals surface area contributed by atoms with E-state index >= 15 is 0 Å². The van der Waals surface area contributed by atoms with Crippen LogP contribution in [0, 0.1) is 0 Å². The first-order valence-electron chi connectivity index (χ1n) is 7.53. The lowest BCUT2D eigenvalue weighted by Gasteiger charge is -2.27. The van der Waals surface area contributed by atoms with Crippen molar-refractivity contribution in [1.29, 1.82) is 0 Å². The maximum atomic E-state index is 12.6. The van der Waals surface area contributed by atoms with Gasteiger partial charge in [0.05, 0.1) is 0 Å². The highest BCUT2D eigenvalue weighted by Crippen LogP contribution is 2.14. The highest BCUT2D eigenvalue weighted by atomic mass is 16.4. The summed E-state index contributed by atoms with van der Waals surface area (Å²) in [7, 11) is 1.75. The van der Waals surface area contributed by atoms with Gasteiger partial charge in [-0.2, -0.15) is 0 Å². The zero-order chi connectivity index (χ0) is 16.8. The highest BCUT2D eigenvalue weighted by Gasteiger charge is 2.21. The number of carbonyl (C=O) groups excluding carboxylic acids is 1. The van der Waals surface area contributed by atoms with Gasteiger partial charge in [0.15, 0.2) is 0 Å². The first kappa shape index (κ1) is 16.7. The standard InChI is InChI=1S/C18H20N2O3/c1-3-15(11-13-7-5-4-6-8-13)20(2)17(21)14-9-10-19-16(12-14)18(22)23/h4-10,12,15H,3,11H2,1-2H3,(H,22,23). The largest absolute Gasteiger partial charge is 0.477 e. The first-order valence-corrected chi connectivity index (χ1v) is 7.53. The van der Waals surface area contributed by atoms with Gasteiger partial charge < -0.3 is 10.0 Å². The number of benzene rings is 1. The lowest BCUT2D eigenvalue weighted by molar-refractivity contribution is 0.0690. The predicted octanol–water partition coefficient (Wildman–Crippen LogP) is 2.87. The number of carboxylic acids is 1. The van der Waals surface area contributed by atoms with Crippen LogP contribution in [0.1, 0.15) is 39.8 Å². The normalized spacial score (nSPS) is 11.7. The summed E-state index contributed by atoms with van der Waals surface area (Å²) in [5.41, 5.74) is 1.38. The van der Waals surface area contributed by atoms with E-state index < -0.39 is 5.97 Å². The summed E-state index contributed by atoms with van der Waals surface area (Å²) in [5, 5.41) is 8.99. The number of pyridine rings is 1. The number of aromatic carboxylic acids is 1. The fourth-order valence-electron chi connectivity index (χ4n) is 2.49. The van der Waals surface area contributed by atoms with Gasteiger partial charge in [-0.15, -0.1) is 0 Å². The summed E-state index contributed by atoms with van der Waals surface area (Å²) in [6.07, 6.45) is 2.92. The number of amides is 1. The molecule has 0 bridgehead atoms. The molecule has 1 atom stereocenters. The monoisotopic (exact) mass is 312 g/mol. The Morgan fingerprint density at radius 1 is 1.22 bits per heavy atom. The highest BCUT2D eigenvalue weighted by molar-refractivity contribution is 5.96. The SMILES string of the molecule is CCC(Cc1ccccc1)N(C)C(=O)c1ccnc(C(=O)O)c1. The van der Waals surface area contributed by atoms with Crippen molar-refractivity contribution in [2.24, 2.45) is 0 Å². The smallest absolute Gasteiger partial charge is 0.354 e. The van der Waals surface area contributed by atoms with Crippen molar-refractivity contribution in [1.82, 2.24) is 9.88 Å². The molecule has 0 fully saturated rings. The molecule has 1 amide bonds. The van der Waals surface area contributed by atoms with E-state index in [-0.39, 0.29) is 17.6 Å². The van der Waals surface area contributed by atoms with E-state index in [4.69, 9.17) is 5.11 Å². The molecule has 5 nitrogen and oxygen atoms in total. The molecular weight excluding hydrogens is 292 g/mol. The van der Waals surface area contributed by atoms with Crippen molar-refractivity contribution in [2.45, 2.75) is 25.8 Å². The van der Waals surface area contributed by atoms with Crippen LogP contribution in [0.2, 0.25) is 0 Å². The maximum absolute atomic E-state index is 12.6. The summed E-state index contributed by atoms with van der Waals surface area (Å²) in [6.45, 7) is 2.03. The van der Waals surface area contributed by atoms with Crippen molar-refractivity contribution in [3.8, 4) is 0 Å². The van der Waals surface area contributed by atoms with Crippen molar-refractivity contribution in [3.05, 3.63) is 65.5 Å². The molecule has 1 N–H and O–H groups in total. The topological polar surface area (TPSA) is 70.5 Å². The number of aromatic nitrogens is 1. The summed E-state index contributed by atoms with van der Waals surface area (Å²) in [5.74, 6) is -1.34. The zero-order valence-corrected chi connectivity index (χ0v) is 13.3. The average Bonchev–Trinajstić information content (AvgIpc) is 2.59. The molecule has 1 aromatic heterocycles. The third-order valence-electron chi connectivity index (χ3n) is 3.88.